The van der Waals surface area contributed by atoms with Gasteiger partial charge in [0.1, 0.15) is 18.5 Å². The Morgan fingerprint density at radius 1 is 1.14 bits per heavy atom. The van der Waals surface area contributed by atoms with Crippen LogP contribution in [-0.2, 0) is 19.0 Å². The van der Waals surface area contributed by atoms with Gasteiger partial charge in [0, 0.05) is 18.5 Å². The third kappa shape index (κ3) is 6.14. The van der Waals surface area contributed by atoms with Crippen LogP contribution >= 0.6 is 0 Å². The van der Waals surface area contributed by atoms with Gasteiger partial charge in [-0.2, -0.15) is 0 Å². The number of carbonyl (C=O) groups excluding carboxylic acids is 2. The summed E-state index contributed by atoms with van der Waals surface area (Å²) in [6, 6.07) is 6.12. The van der Waals surface area contributed by atoms with Crippen LogP contribution in [0.3, 0.4) is 0 Å². The van der Waals surface area contributed by atoms with Crippen LogP contribution in [0.25, 0.3) is 0 Å². The Morgan fingerprint density at radius 2 is 1.82 bits per heavy atom. The van der Waals surface area contributed by atoms with Crippen molar-refractivity contribution in [3.05, 3.63) is 24.3 Å². The monoisotopic (exact) mass is 399 g/mol. The normalized spacial score (nSPS) is 27.1. The number of nitrogens with one attached hydrogen (secondary N) is 1. The van der Waals surface area contributed by atoms with Gasteiger partial charge in [-0.1, -0.05) is 6.92 Å². The minimum absolute atomic E-state index is 0.114. The third-order valence-electron chi connectivity index (χ3n) is 4.20. The van der Waals surface area contributed by atoms with Gasteiger partial charge in [-0.05, 0) is 24.3 Å². The Morgan fingerprint density at radius 3 is 2.43 bits per heavy atom. The molecule has 5 atom stereocenters. The summed E-state index contributed by atoms with van der Waals surface area (Å²) in [5.74, 6) is -0.440. The van der Waals surface area contributed by atoms with E-state index >= 15 is 0 Å². The predicted octanol–water partition coefficient (Wildman–Crippen LogP) is 0.252. The molecule has 0 aliphatic carbocycles. The zero-order valence-electron chi connectivity index (χ0n) is 15.6. The Hall–Kier alpha value is -2.24. The van der Waals surface area contributed by atoms with Crippen molar-refractivity contribution in [2.45, 2.75) is 38.4 Å². The third-order valence-corrected chi connectivity index (χ3v) is 4.20. The summed E-state index contributed by atoms with van der Waals surface area (Å²) >= 11 is 0. The second-order valence-electron chi connectivity index (χ2n) is 6.34. The van der Waals surface area contributed by atoms with Crippen LogP contribution in [-0.4, -0.2) is 71.8 Å². The van der Waals surface area contributed by atoms with E-state index in [2.05, 4.69) is 5.32 Å². The topological polar surface area (TPSA) is 144 Å². The minimum Gasteiger partial charge on any atom is -0.432 e. The first-order valence-electron chi connectivity index (χ1n) is 8.78. The molecule has 0 aromatic heterocycles. The van der Waals surface area contributed by atoms with Crippen LogP contribution in [0.5, 0.6) is 5.75 Å². The average Bonchev–Trinajstić information content (AvgIpc) is 2.66. The highest BCUT2D eigenvalue weighted by Crippen LogP contribution is 2.26. The Labute approximate surface area is 162 Å². The van der Waals surface area contributed by atoms with Crippen LogP contribution in [0.4, 0.5) is 10.5 Å². The molecule has 10 heteroatoms. The molecular formula is C18H25NO9. The van der Waals surface area contributed by atoms with E-state index in [9.17, 15) is 24.9 Å². The first-order chi connectivity index (χ1) is 13.3. The van der Waals surface area contributed by atoms with Crippen molar-refractivity contribution in [3.8, 4) is 5.75 Å². The number of ether oxygens (including phenoxy) is 4. The number of benzene rings is 1. The zero-order valence-corrected chi connectivity index (χ0v) is 15.6. The van der Waals surface area contributed by atoms with Crippen LogP contribution in [0, 0.1) is 5.92 Å². The maximum absolute atomic E-state index is 11.7. The second kappa shape index (κ2) is 10.3. The SMILES string of the molecule is CC(=O)Nc1ccc(OC(=O)OCCOC2OC(CO)[C@@H](C)C(O)[C@H]2O)cc1. The molecule has 10 nitrogen and oxygen atoms in total. The molecule has 0 saturated carbocycles. The number of carbonyl (C=O) groups is 2. The molecule has 1 amide bonds. The van der Waals surface area contributed by atoms with E-state index in [0.29, 0.717) is 5.69 Å². The molecule has 2 rings (SSSR count). The standard InChI is InChI=1S/C18H25NO9/c1-10-14(9-20)28-17(16(23)15(10)22)25-7-8-26-18(24)27-13-5-3-12(4-6-13)19-11(2)21/h3-6,10,14-17,20,22-23H,7-9H2,1-2H3,(H,19,21)/t10-,14?,15?,16-,17?/m1/s1. The smallest absolute Gasteiger partial charge is 0.432 e. The summed E-state index contributed by atoms with van der Waals surface area (Å²) in [5, 5.41) is 31.7. The first kappa shape index (κ1) is 22.1. The van der Waals surface area contributed by atoms with E-state index in [1.807, 2.05) is 0 Å². The fourth-order valence-electron chi connectivity index (χ4n) is 2.64. The second-order valence-corrected chi connectivity index (χ2v) is 6.34. The van der Waals surface area contributed by atoms with E-state index in [-0.39, 0.29) is 31.5 Å². The number of anilines is 1. The van der Waals surface area contributed by atoms with Gasteiger partial charge < -0.3 is 39.6 Å². The van der Waals surface area contributed by atoms with Crippen molar-refractivity contribution in [1.82, 2.24) is 0 Å². The zero-order chi connectivity index (χ0) is 20.7. The molecule has 156 valence electrons. The number of amides is 1. The van der Waals surface area contributed by atoms with Gasteiger partial charge in [0.2, 0.25) is 5.91 Å². The van der Waals surface area contributed by atoms with Crippen molar-refractivity contribution in [2.24, 2.45) is 5.92 Å². The summed E-state index contributed by atoms with van der Waals surface area (Å²) in [7, 11) is 0. The summed E-state index contributed by atoms with van der Waals surface area (Å²) in [4.78, 5) is 22.6. The van der Waals surface area contributed by atoms with E-state index < -0.39 is 36.7 Å². The summed E-state index contributed by atoms with van der Waals surface area (Å²) in [6.45, 7) is 2.41. The number of hydrogen-bond acceptors (Lipinski definition) is 9. The lowest BCUT2D eigenvalue weighted by Crippen LogP contribution is -2.55. The van der Waals surface area contributed by atoms with Crippen molar-refractivity contribution < 1.29 is 43.9 Å². The van der Waals surface area contributed by atoms with Gasteiger partial charge in [0.25, 0.3) is 0 Å². The average molecular weight is 399 g/mol. The first-order valence-corrected chi connectivity index (χ1v) is 8.78. The fraction of sp³-hybridized carbons (Fsp3) is 0.556. The fourth-order valence-corrected chi connectivity index (χ4v) is 2.64. The Balaban J connectivity index is 1.71. The maximum atomic E-state index is 11.7. The predicted molar refractivity (Wildman–Crippen MR) is 95.6 cm³/mol. The summed E-state index contributed by atoms with van der Waals surface area (Å²) < 4.78 is 20.5. The molecule has 0 radical (unpaired) electrons. The molecule has 3 unspecified atom stereocenters. The molecule has 1 aliphatic heterocycles. The number of aliphatic hydroxyl groups is 3. The van der Waals surface area contributed by atoms with Gasteiger partial charge in [-0.15, -0.1) is 0 Å². The lowest BCUT2D eigenvalue weighted by Gasteiger charge is -2.40. The lowest BCUT2D eigenvalue weighted by atomic mass is 9.91. The molecule has 1 fully saturated rings. The van der Waals surface area contributed by atoms with Crippen LogP contribution in [0.2, 0.25) is 0 Å². The molecule has 4 N–H and O–H groups in total. The summed E-state index contributed by atoms with van der Waals surface area (Å²) in [5.41, 5.74) is 0.561. The molecule has 1 aromatic carbocycles. The lowest BCUT2D eigenvalue weighted by molar-refractivity contribution is -0.289. The van der Waals surface area contributed by atoms with Crippen LogP contribution in [0.15, 0.2) is 24.3 Å². The highest BCUT2D eigenvalue weighted by molar-refractivity contribution is 5.88. The molecule has 28 heavy (non-hydrogen) atoms. The van der Waals surface area contributed by atoms with Crippen molar-refractivity contribution in [3.63, 3.8) is 0 Å². The molecule has 1 aromatic rings. The molecule has 0 spiro atoms. The van der Waals surface area contributed by atoms with E-state index in [1.165, 1.54) is 19.1 Å². The van der Waals surface area contributed by atoms with Gasteiger partial charge in [-0.25, -0.2) is 4.79 Å². The quantitative estimate of drug-likeness (QED) is 0.288. The molecule has 1 aliphatic rings. The summed E-state index contributed by atoms with van der Waals surface area (Å²) in [6.07, 6.45) is -5.17. The van der Waals surface area contributed by atoms with Gasteiger partial charge >= 0.3 is 6.16 Å². The van der Waals surface area contributed by atoms with Gasteiger partial charge in [0.05, 0.1) is 25.4 Å². The number of aliphatic hydroxyl groups excluding tert-OH is 3. The Bertz CT molecular complexity index is 649. The molecule has 1 saturated heterocycles. The highest BCUT2D eigenvalue weighted by Gasteiger charge is 2.42. The maximum Gasteiger partial charge on any atom is 0.513 e. The van der Waals surface area contributed by atoms with Crippen molar-refractivity contribution in [1.29, 1.82) is 0 Å². The number of hydrogen-bond donors (Lipinski definition) is 4. The number of rotatable bonds is 7. The van der Waals surface area contributed by atoms with Crippen LogP contribution < -0.4 is 10.1 Å². The van der Waals surface area contributed by atoms with Gasteiger partial charge in [-0.3, -0.25) is 4.79 Å². The van der Waals surface area contributed by atoms with Crippen molar-refractivity contribution >= 4 is 17.7 Å². The molecule has 1 heterocycles. The van der Waals surface area contributed by atoms with Gasteiger partial charge in [0.15, 0.2) is 6.29 Å². The molecule has 0 bridgehead atoms. The largest absolute Gasteiger partial charge is 0.513 e. The molecular weight excluding hydrogens is 374 g/mol. The van der Waals surface area contributed by atoms with E-state index in [0.717, 1.165) is 0 Å². The van der Waals surface area contributed by atoms with Crippen LogP contribution in [0.1, 0.15) is 13.8 Å². The van der Waals surface area contributed by atoms with Crippen molar-refractivity contribution in [2.75, 3.05) is 25.1 Å². The van der Waals surface area contributed by atoms with E-state index in [1.54, 1.807) is 19.1 Å². The minimum atomic E-state index is -1.29. The highest BCUT2D eigenvalue weighted by atomic mass is 16.7. The Kier molecular flexibility index (Phi) is 8.15. The van der Waals surface area contributed by atoms with E-state index in [4.69, 9.17) is 18.9 Å².